The Morgan fingerprint density at radius 1 is 0.964 bits per heavy atom. The number of fused-ring (bicyclic) bond motifs is 1. The van der Waals surface area contributed by atoms with Crippen LogP contribution in [0.2, 0.25) is 0 Å². The van der Waals surface area contributed by atoms with Gasteiger partial charge in [-0.15, -0.1) is 0 Å². The molecule has 7 heteroatoms. The summed E-state index contributed by atoms with van der Waals surface area (Å²) in [4.78, 5) is 2.17. The summed E-state index contributed by atoms with van der Waals surface area (Å²) in [5.74, 6) is 0. The van der Waals surface area contributed by atoms with Crippen LogP contribution >= 0.6 is 0 Å². The molecule has 0 N–H and O–H groups in total. The first kappa shape index (κ1) is 18.9. The largest absolute Gasteiger partial charge is 0.371 e. The lowest BCUT2D eigenvalue weighted by molar-refractivity contribution is 0.153. The number of rotatable bonds is 4. The molecular formula is C21H22F2N2O2S. The third-order valence-electron chi connectivity index (χ3n) is 5.31. The lowest BCUT2D eigenvalue weighted by Gasteiger charge is -2.29. The van der Waals surface area contributed by atoms with E-state index in [2.05, 4.69) is 4.90 Å². The van der Waals surface area contributed by atoms with Crippen LogP contribution in [0.25, 0.3) is 10.9 Å². The number of nitrogens with zero attached hydrogens (tertiary/aromatic N) is 2. The summed E-state index contributed by atoms with van der Waals surface area (Å²) >= 11 is 0. The molecule has 2 aromatic carbocycles. The summed E-state index contributed by atoms with van der Waals surface area (Å²) in [7, 11) is -3.98. The van der Waals surface area contributed by atoms with Crippen molar-refractivity contribution < 1.29 is 17.2 Å². The zero-order valence-corrected chi connectivity index (χ0v) is 16.4. The molecule has 3 aromatic rings. The predicted octanol–water partition coefficient (Wildman–Crippen LogP) is 5.11. The Morgan fingerprint density at radius 2 is 1.64 bits per heavy atom. The summed E-state index contributed by atoms with van der Waals surface area (Å²) < 4.78 is 55.1. The van der Waals surface area contributed by atoms with Crippen LogP contribution in [0.4, 0.5) is 14.5 Å². The van der Waals surface area contributed by atoms with E-state index in [-0.39, 0.29) is 10.5 Å². The predicted molar refractivity (Wildman–Crippen MR) is 107 cm³/mol. The molecule has 1 aliphatic heterocycles. The number of aryl methyl sites for hydroxylation is 1. The number of anilines is 1. The minimum atomic E-state index is -3.98. The highest BCUT2D eigenvalue weighted by Gasteiger charge is 2.27. The van der Waals surface area contributed by atoms with Gasteiger partial charge >= 0.3 is 0 Å². The second kappa shape index (κ2) is 7.20. The summed E-state index contributed by atoms with van der Waals surface area (Å²) in [6.07, 6.45) is 1.45. The van der Waals surface area contributed by atoms with Gasteiger partial charge in [0.2, 0.25) is 0 Å². The number of alkyl halides is 2. The Labute approximate surface area is 163 Å². The number of hydrogen-bond acceptors (Lipinski definition) is 3. The molecule has 0 bridgehead atoms. The minimum absolute atomic E-state index is 0.0826. The maximum atomic E-state index is 13.9. The van der Waals surface area contributed by atoms with Crippen molar-refractivity contribution in [2.45, 2.75) is 37.5 Å². The van der Waals surface area contributed by atoms with E-state index in [4.69, 9.17) is 0 Å². The number of benzene rings is 2. The fraction of sp³-hybridized carbons (Fsp3) is 0.333. The number of aromatic nitrogens is 1. The summed E-state index contributed by atoms with van der Waals surface area (Å²) in [6, 6.07) is 11.6. The zero-order valence-electron chi connectivity index (χ0n) is 15.6. The number of piperidine rings is 1. The van der Waals surface area contributed by atoms with Crippen LogP contribution in [0.15, 0.2) is 53.6 Å². The average molecular weight is 404 g/mol. The van der Waals surface area contributed by atoms with E-state index in [9.17, 15) is 17.2 Å². The smallest absolute Gasteiger partial charge is 0.268 e. The van der Waals surface area contributed by atoms with Crippen molar-refractivity contribution in [2.75, 3.05) is 18.0 Å². The van der Waals surface area contributed by atoms with E-state index in [1.165, 1.54) is 12.1 Å². The maximum absolute atomic E-state index is 13.9. The van der Waals surface area contributed by atoms with Gasteiger partial charge < -0.3 is 4.90 Å². The molecule has 0 unspecified atom stereocenters. The Morgan fingerprint density at radius 3 is 2.29 bits per heavy atom. The molecule has 0 spiro atoms. The van der Waals surface area contributed by atoms with Gasteiger partial charge in [0, 0.05) is 35.9 Å². The van der Waals surface area contributed by atoms with Crippen molar-refractivity contribution in [3.05, 3.63) is 59.8 Å². The van der Waals surface area contributed by atoms with Crippen molar-refractivity contribution >= 4 is 26.6 Å². The van der Waals surface area contributed by atoms with Crippen LogP contribution in [-0.2, 0) is 10.0 Å². The molecule has 28 heavy (non-hydrogen) atoms. The Bertz CT molecular complexity index is 1100. The van der Waals surface area contributed by atoms with E-state index in [0.29, 0.717) is 16.6 Å². The van der Waals surface area contributed by atoms with E-state index in [1.54, 1.807) is 24.3 Å². The van der Waals surface area contributed by atoms with E-state index >= 15 is 0 Å². The third kappa shape index (κ3) is 3.17. The fourth-order valence-corrected chi connectivity index (χ4v) is 5.23. The monoisotopic (exact) mass is 404 g/mol. The van der Waals surface area contributed by atoms with Gasteiger partial charge in [-0.25, -0.2) is 21.2 Å². The normalized spacial score (nSPS) is 15.5. The first-order valence-corrected chi connectivity index (χ1v) is 10.8. The van der Waals surface area contributed by atoms with Crippen LogP contribution in [0.1, 0.15) is 36.8 Å². The molecule has 1 fully saturated rings. The zero-order chi connectivity index (χ0) is 19.9. The van der Waals surface area contributed by atoms with Crippen LogP contribution in [0.3, 0.4) is 0 Å². The van der Waals surface area contributed by atoms with Crippen LogP contribution in [0, 0.1) is 6.92 Å². The third-order valence-corrected chi connectivity index (χ3v) is 7.00. The molecule has 0 aliphatic carbocycles. The van der Waals surface area contributed by atoms with Gasteiger partial charge in [0.05, 0.1) is 10.4 Å². The minimum Gasteiger partial charge on any atom is -0.371 e. The molecule has 1 aliphatic rings. The molecule has 148 valence electrons. The highest BCUT2D eigenvalue weighted by Crippen LogP contribution is 2.38. The second-order valence-corrected chi connectivity index (χ2v) is 9.03. The molecule has 1 saturated heterocycles. The number of halogens is 2. The summed E-state index contributed by atoms with van der Waals surface area (Å²) in [5, 5.41) is 0.329. The van der Waals surface area contributed by atoms with Crippen molar-refractivity contribution in [3.8, 4) is 0 Å². The lowest BCUT2D eigenvalue weighted by atomic mass is 10.1. The summed E-state index contributed by atoms with van der Waals surface area (Å²) in [5.41, 5.74) is 1.66. The molecular weight excluding hydrogens is 382 g/mol. The number of hydrogen-bond donors (Lipinski definition) is 0. The molecule has 0 radical (unpaired) electrons. The molecule has 4 nitrogen and oxygen atoms in total. The van der Waals surface area contributed by atoms with E-state index in [1.807, 2.05) is 13.0 Å². The van der Waals surface area contributed by atoms with Gasteiger partial charge in [0.15, 0.2) is 0 Å². The topological polar surface area (TPSA) is 42.3 Å². The molecule has 0 amide bonds. The van der Waals surface area contributed by atoms with Gasteiger partial charge in [-0.05, 0) is 50.5 Å². The maximum Gasteiger partial charge on any atom is 0.268 e. The quantitative estimate of drug-likeness (QED) is 0.607. The van der Waals surface area contributed by atoms with Crippen molar-refractivity contribution in [1.82, 2.24) is 3.97 Å². The van der Waals surface area contributed by atoms with E-state index in [0.717, 1.165) is 48.1 Å². The Balaban J connectivity index is 1.94. The van der Waals surface area contributed by atoms with Gasteiger partial charge in [0.1, 0.15) is 0 Å². The molecule has 1 aromatic heterocycles. The highest BCUT2D eigenvalue weighted by atomic mass is 32.2. The van der Waals surface area contributed by atoms with Gasteiger partial charge in [-0.1, -0.05) is 23.8 Å². The Hall–Kier alpha value is -2.41. The molecule has 2 heterocycles. The first-order chi connectivity index (χ1) is 13.4. The Kier molecular flexibility index (Phi) is 4.87. The SMILES string of the molecule is Cc1ccc(S(=O)(=O)n2cc(C(F)F)c3c(N4CCCCC4)cccc32)cc1. The van der Waals surface area contributed by atoms with Crippen LogP contribution < -0.4 is 4.90 Å². The van der Waals surface area contributed by atoms with Crippen molar-refractivity contribution in [1.29, 1.82) is 0 Å². The molecule has 0 atom stereocenters. The van der Waals surface area contributed by atoms with Crippen molar-refractivity contribution in [3.63, 3.8) is 0 Å². The second-order valence-electron chi connectivity index (χ2n) is 7.22. The van der Waals surface area contributed by atoms with Crippen molar-refractivity contribution in [2.24, 2.45) is 0 Å². The molecule has 0 saturated carbocycles. The molecule has 4 rings (SSSR count). The van der Waals surface area contributed by atoms with Gasteiger partial charge in [-0.3, -0.25) is 0 Å². The van der Waals surface area contributed by atoms with Crippen LogP contribution in [-0.4, -0.2) is 25.5 Å². The standard InChI is InChI=1S/C21H22F2N2O2S/c1-15-8-10-16(11-9-15)28(26,27)25-14-17(21(22)23)20-18(6-5-7-19(20)25)24-12-3-2-4-13-24/h5-11,14,21H,2-4,12-13H2,1H3. The van der Waals surface area contributed by atoms with Gasteiger partial charge in [0.25, 0.3) is 16.4 Å². The highest BCUT2D eigenvalue weighted by molar-refractivity contribution is 7.90. The van der Waals surface area contributed by atoms with Gasteiger partial charge in [-0.2, -0.15) is 0 Å². The van der Waals surface area contributed by atoms with E-state index < -0.39 is 16.4 Å². The lowest BCUT2D eigenvalue weighted by Crippen LogP contribution is -2.29. The average Bonchev–Trinajstić information content (AvgIpc) is 3.10. The summed E-state index contributed by atoms with van der Waals surface area (Å²) in [6.45, 7) is 3.44. The first-order valence-electron chi connectivity index (χ1n) is 9.39. The van der Waals surface area contributed by atoms with Crippen LogP contribution in [0.5, 0.6) is 0 Å². The fourth-order valence-electron chi connectivity index (χ4n) is 3.85.